The third-order valence-electron chi connectivity index (χ3n) is 2.98. The number of anilines is 1. The molecule has 1 fully saturated rings. The van der Waals surface area contributed by atoms with Gasteiger partial charge in [-0.1, -0.05) is 6.07 Å². The minimum Gasteiger partial charge on any atom is -0.497 e. The molecule has 0 saturated carbocycles. The maximum absolute atomic E-state index is 11.9. The maximum atomic E-state index is 11.9. The Morgan fingerprint density at radius 2 is 2.37 bits per heavy atom. The number of ether oxygens (including phenoxy) is 2. The highest BCUT2D eigenvalue weighted by Crippen LogP contribution is 2.28. The summed E-state index contributed by atoms with van der Waals surface area (Å²) in [5.74, 6) is -0.336. The van der Waals surface area contributed by atoms with Crippen LogP contribution in [0.15, 0.2) is 24.3 Å². The molecule has 6 nitrogen and oxygen atoms in total. The molecule has 0 aliphatic carbocycles. The van der Waals surface area contributed by atoms with Crippen LogP contribution in [0.4, 0.5) is 10.5 Å². The van der Waals surface area contributed by atoms with Crippen LogP contribution in [0.2, 0.25) is 0 Å². The van der Waals surface area contributed by atoms with E-state index in [-0.39, 0.29) is 13.0 Å². The molecule has 0 spiro atoms. The van der Waals surface area contributed by atoms with Gasteiger partial charge in [0.25, 0.3) is 0 Å². The molecule has 1 aromatic rings. The minimum absolute atomic E-state index is 0.105. The van der Waals surface area contributed by atoms with Gasteiger partial charge < -0.3 is 14.6 Å². The highest BCUT2D eigenvalue weighted by Gasteiger charge is 2.32. The Hall–Kier alpha value is -2.24. The fourth-order valence-corrected chi connectivity index (χ4v) is 2.10. The molecule has 0 bridgehead atoms. The van der Waals surface area contributed by atoms with E-state index in [1.807, 2.05) is 0 Å². The first-order valence-electron chi connectivity index (χ1n) is 5.93. The van der Waals surface area contributed by atoms with Gasteiger partial charge in [-0.2, -0.15) is 0 Å². The van der Waals surface area contributed by atoms with Crippen LogP contribution in [-0.4, -0.2) is 36.9 Å². The van der Waals surface area contributed by atoms with Crippen LogP contribution >= 0.6 is 0 Å². The van der Waals surface area contributed by atoms with Crippen molar-refractivity contribution >= 4 is 17.7 Å². The summed E-state index contributed by atoms with van der Waals surface area (Å²) in [7, 11) is 1.53. The van der Waals surface area contributed by atoms with Crippen molar-refractivity contribution in [3.05, 3.63) is 24.3 Å². The van der Waals surface area contributed by atoms with Crippen LogP contribution < -0.4 is 9.64 Å². The summed E-state index contributed by atoms with van der Waals surface area (Å²) >= 11 is 0. The molecule has 1 aliphatic rings. The molecule has 1 amide bonds. The van der Waals surface area contributed by atoms with E-state index in [9.17, 15) is 9.59 Å². The van der Waals surface area contributed by atoms with Crippen molar-refractivity contribution in [1.29, 1.82) is 0 Å². The molecule has 0 radical (unpaired) electrons. The second-order valence-electron chi connectivity index (χ2n) is 4.23. The van der Waals surface area contributed by atoms with Gasteiger partial charge in [-0.25, -0.2) is 4.79 Å². The summed E-state index contributed by atoms with van der Waals surface area (Å²) in [6, 6.07) is 6.51. The quantitative estimate of drug-likeness (QED) is 0.899. The van der Waals surface area contributed by atoms with Gasteiger partial charge in [0.15, 0.2) is 0 Å². The number of carbonyl (C=O) groups excluding carboxylic acids is 1. The smallest absolute Gasteiger partial charge is 0.414 e. The summed E-state index contributed by atoms with van der Waals surface area (Å²) in [4.78, 5) is 24.1. The Morgan fingerprint density at radius 1 is 1.58 bits per heavy atom. The third-order valence-corrected chi connectivity index (χ3v) is 2.98. The van der Waals surface area contributed by atoms with Crippen LogP contribution in [0.1, 0.15) is 12.8 Å². The number of methoxy groups -OCH3 is 1. The summed E-state index contributed by atoms with van der Waals surface area (Å²) in [5.41, 5.74) is 0.579. The molecule has 1 aliphatic heterocycles. The molecule has 1 unspecified atom stereocenters. The minimum atomic E-state index is -0.937. The predicted octanol–water partition coefficient (Wildman–Crippen LogP) is 1.89. The molecule has 1 aromatic carbocycles. The normalized spacial score (nSPS) is 18.9. The molecule has 1 heterocycles. The van der Waals surface area contributed by atoms with E-state index < -0.39 is 18.1 Å². The number of carboxylic acids is 1. The van der Waals surface area contributed by atoms with Crippen LogP contribution in [0.3, 0.4) is 0 Å². The molecule has 0 aromatic heterocycles. The number of carboxylic acid groups (broad SMARTS) is 1. The number of rotatable bonds is 4. The Balaban J connectivity index is 2.30. The lowest BCUT2D eigenvalue weighted by Gasteiger charge is -2.34. The van der Waals surface area contributed by atoms with Crippen molar-refractivity contribution in [1.82, 2.24) is 0 Å². The van der Waals surface area contributed by atoms with Crippen molar-refractivity contribution in [2.75, 3.05) is 18.6 Å². The third kappa shape index (κ3) is 2.96. The molecule has 2 rings (SSSR count). The zero-order valence-corrected chi connectivity index (χ0v) is 10.5. The van der Waals surface area contributed by atoms with Crippen molar-refractivity contribution in [3.63, 3.8) is 0 Å². The van der Waals surface area contributed by atoms with Gasteiger partial charge in [-0.15, -0.1) is 0 Å². The summed E-state index contributed by atoms with van der Waals surface area (Å²) in [6.45, 7) is 0.247. The first-order valence-corrected chi connectivity index (χ1v) is 5.93. The van der Waals surface area contributed by atoms with Gasteiger partial charge in [0.05, 0.1) is 31.9 Å². The van der Waals surface area contributed by atoms with Gasteiger partial charge in [-0.05, 0) is 12.1 Å². The van der Waals surface area contributed by atoms with Gasteiger partial charge in [0.1, 0.15) is 5.75 Å². The molecule has 1 atom stereocenters. The van der Waals surface area contributed by atoms with E-state index in [1.165, 1.54) is 12.0 Å². The van der Waals surface area contributed by atoms with Crippen LogP contribution in [0.25, 0.3) is 0 Å². The second kappa shape index (κ2) is 5.60. The van der Waals surface area contributed by atoms with Crippen LogP contribution in [0.5, 0.6) is 5.75 Å². The van der Waals surface area contributed by atoms with E-state index >= 15 is 0 Å². The van der Waals surface area contributed by atoms with Crippen molar-refractivity contribution in [2.24, 2.45) is 0 Å². The first kappa shape index (κ1) is 13.2. The number of cyclic esters (lactones) is 1. The summed E-state index contributed by atoms with van der Waals surface area (Å²) in [6.07, 6.45) is -0.132. The lowest BCUT2D eigenvalue weighted by molar-refractivity contribution is -0.137. The monoisotopic (exact) mass is 265 g/mol. The van der Waals surface area contributed by atoms with Gasteiger partial charge in [0, 0.05) is 12.5 Å². The Bertz CT molecular complexity index is 488. The molecule has 102 valence electrons. The zero-order chi connectivity index (χ0) is 13.8. The number of nitrogens with zero attached hydrogens (tertiary/aromatic N) is 1. The maximum Gasteiger partial charge on any atom is 0.414 e. The van der Waals surface area contributed by atoms with Crippen LogP contribution in [0, 0.1) is 0 Å². The fourth-order valence-electron chi connectivity index (χ4n) is 2.10. The van der Waals surface area contributed by atoms with Gasteiger partial charge in [0.2, 0.25) is 0 Å². The van der Waals surface area contributed by atoms with Crippen LogP contribution in [-0.2, 0) is 9.53 Å². The number of amides is 1. The Morgan fingerprint density at radius 3 is 3.05 bits per heavy atom. The van der Waals surface area contributed by atoms with E-state index in [0.717, 1.165) is 0 Å². The topological polar surface area (TPSA) is 76.1 Å². The van der Waals surface area contributed by atoms with Gasteiger partial charge >= 0.3 is 12.1 Å². The molecular weight excluding hydrogens is 250 g/mol. The average Bonchev–Trinajstić information content (AvgIpc) is 2.38. The molecular formula is C13H15NO5. The zero-order valence-electron chi connectivity index (χ0n) is 10.5. The molecule has 1 N–H and O–H groups in total. The van der Waals surface area contributed by atoms with E-state index in [1.54, 1.807) is 24.3 Å². The highest BCUT2D eigenvalue weighted by atomic mass is 16.6. The first-order chi connectivity index (χ1) is 9.11. The van der Waals surface area contributed by atoms with Gasteiger partial charge in [-0.3, -0.25) is 9.69 Å². The van der Waals surface area contributed by atoms with E-state index in [2.05, 4.69) is 0 Å². The SMILES string of the molecule is COc1cccc(N2C(=O)OCCC2CC(=O)O)c1. The number of carbonyl (C=O) groups is 2. The molecule has 1 saturated heterocycles. The second-order valence-corrected chi connectivity index (χ2v) is 4.23. The average molecular weight is 265 g/mol. The molecule has 6 heteroatoms. The highest BCUT2D eigenvalue weighted by molar-refractivity contribution is 5.90. The number of hydrogen-bond donors (Lipinski definition) is 1. The van der Waals surface area contributed by atoms with E-state index in [0.29, 0.717) is 17.9 Å². The lowest BCUT2D eigenvalue weighted by atomic mass is 10.1. The number of hydrogen-bond acceptors (Lipinski definition) is 4. The molecule has 19 heavy (non-hydrogen) atoms. The fraction of sp³-hybridized carbons (Fsp3) is 0.385. The Kier molecular flexibility index (Phi) is 3.89. The van der Waals surface area contributed by atoms with Crippen molar-refractivity contribution in [2.45, 2.75) is 18.9 Å². The largest absolute Gasteiger partial charge is 0.497 e. The number of benzene rings is 1. The predicted molar refractivity (Wildman–Crippen MR) is 67.5 cm³/mol. The standard InChI is InChI=1S/C13H15NO5/c1-18-11-4-2-3-9(7-11)14-10(8-12(15)16)5-6-19-13(14)17/h2-4,7,10H,5-6,8H2,1H3,(H,15,16). The summed E-state index contributed by atoms with van der Waals surface area (Å²) < 4.78 is 10.1. The lowest BCUT2D eigenvalue weighted by Crippen LogP contribution is -2.46. The number of aliphatic carboxylic acids is 1. The van der Waals surface area contributed by atoms with Crippen molar-refractivity contribution < 1.29 is 24.2 Å². The summed E-state index contributed by atoms with van der Waals surface area (Å²) in [5, 5.41) is 8.91. The van der Waals surface area contributed by atoms with E-state index in [4.69, 9.17) is 14.6 Å². The van der Waals surface area contributed by atoms with Crippen molar-refractivity contribution in [3.8, 4) is 5.75 Å². The Labute approximate surface area is 110 Å².